The zero-order valence-corrected chi connectivity index (χ0v) is 22.6. The number of H-pyrrole nitrogens is 1. The molecule has 3 amide bonds. The Hall–Kier alpha value is -3.96. The molecule has 5 heterocycles. The Morgan fingerprint density at radius 1 is 1.27 bits per heavy atom. The van der Waals surface area contributed by atoms with Crippen LogP contribution in [0.25, 0.3) is 10.9 Å². The number of fused-ring (bicyclic) bond motifs is 4. The predicted octanol–water partition coefficient (Wildman–Crippen LogP) is 2.69. The molecule has 4 saturated heterocycles. The minimum atomic E-state index is -3.13. The van der Waals surface area contributed by atoms with E-state index in [1.807, 2.05) is 0 Å². The molecule has 0 unspecified atom stereocenters. The van der Waals surface area contributed by atoms with Gasteiger partial charge in [-0.15, -0.1) is 0 Å². The molecule has 5 atom stereocenters. The molecule has 5 aliphatic rings. The number of methoxy groups -OCH3 is 1. The maximum Gasteiger partial charge on any atom is 0.333 e. The van der Waals surface area contributed by atoms with Crippen molar-refractivity contribution in [3.63, 3.8) is 0 Å². The number of aromatic amines is 1. The fourth-order valence-corrected chi connectivity index (χ4v) is 6.81. The van der Waals surface area contributed by atoms with Crippen LogP contribution in [0.4, 0.5) is 8.78 Å². The number of ether oxygens (including phenoxy) is 2. The minimum Gasteiger partial charge on any atom is -0.496 e. The minimum absolute atomic E-state index is 0.100. The highest BCUT2D eigenvalue weighted by Gasteiger charge is 2.60. The number of cyclic esters (lactones) is 1. The van der Waals surface area contributed by atoms with Gasteiger partial charge in [0, 0.05) is 53.9 Å². The molecule has 1 aromatic heterocycles. The lowest BCUT2D eigenvalue weighted by Gasteiger charge is -2.53. The van der Waals surface area contributed by atoms with Crippen molar-refractivity contribution >= 4 is 34.6 Å². The van der Waals surface area contributed by atoms with Gasteiger partial charge in [-0.3, -0.25) is 14.4 Å². The summed E-state index contributed by atoms with van der Waals surface area (Å²) in [6, 6.07) is 3.89. The third-order valence-electron chi connectivity index (χ3n) is 8.81. The fraction of sp³-hybridized carbons (Fsp3) is 0.517. The van der Waals surface area contributed by atoms with Gasteiger partial charge < -0.3 is 30.0 Å². The number of benzene rings is 1. The second kappa shape index (κ2) is 10.5. The Morgan fingerprint density at radius 2 is 2.10 bits per heavy atom. The number of amides is 3. The van der Waals surface area contributed by atoms with E-state index in [2.05, 4.69) is 15.6 Å². The van der Waals surface area contributed by atoms with Gasteiger partial charge in [0.25, 0.3) is 11.8 Å². The van der Waals surface area contributed by atoms with Gasteiger partial charge in [-0.25, -0.2) is 13.6 Å². The highest BCUT2D eigenvalue weighted by atomic mass is 19.3. The third kappa shape index (κ3) is 4.93. The second-order valence-electron chi connectivity index (χ2n) is 11.3. The summed E-state index contributed by atoms with van der Waals surface area (Å²) in [5.41, 5.74) is 1.18. The molecule has 12 heteroatoms. The first-order valence-corrected chi connectivity index (χ1v) is 14.0. The number of hydrogen-bond donors (Lipinski definition) is 3. The Bertz CT molecular complexity index is 1440. The lowest BCUT2D eigenvalue weighted by molar-refractivity contribution is -0.179. The molecule has 5 fully saturated rings. The molecular formula is C29H32F2N4O6. The number of piperidine rings is 2. The van der Waals surface area contributed by atoms with Crippen LogP contribution < -0.4 is 15.4 Å². The van der Waals surface area contributed by atoms with Gasteiger partial charge in [0.05, 0.1) is 19.6 Å². The molecular weight excluding hydrogens is 538 g/mol. The van der Waals surface area contributed by atoms with E-state index >= 15 is 8.78 Å². The van der Waals surface area contributed by atoms with Crippen molar-refractivity contribution in [2.75, 3.05) is 20.3 Å². The van der Waals surface area contributed by atoms with Crippen LogP contribution in [0.15, 0.2) is 35.9 Å². The summed E-state index contributed by atoms with van der Waals surface area (Å²) in [7, 11) is 1.52. The van der Waals surface area contributed by atoms with E-state index in [9.17, 15) is 19.2 Å². The Balaban J connectivity index is 1.32. The van der Waals surface area contributed by atoms with Gasteiger partial charge in [0.1, 0.15) is 17.5 Å². The molecule has 1 saturated carbocycles. The second-order valence-corrected chi connectivity index (χ2v) is 11.3. The smallest absolute Gasteiger partial charge is 0.333 e. The highest BCUT2D eigenvalue weighted by Crippen LogP contribution is 2.49. The first-order chi connectivity index (χ1) is 19.7. The number of esters is 1. The first kappa shape index (κ1) is 27.2. The Morgan fingerprint density at radius 3 is 2.78 bits per heavy atom. The van der Waals surface area contributed by atoms with Crippen molar-refractivity contribution in [1.82, 2.24) is 20.5 Å². The van der Waals surface area contributed by atoms with Crippen LogP contribution in [0, 0.1) is 11.8 Å². The van der Waals surface area contributed by atoms with Gasteiger partial charge in [-0.1, -0.05) is 12.1 Å². The van der Waals surface area contributed by atoms with Gasteiger partial charge in [0.2, 0.25) is 11.8 Å². The summed E-state index contributed by atoms with van der Waals surface area (Å²) >= 11 is 0. The summed E-state index contributed by atoms with van der Waals surface area (Å²) in [6.45, 7) is 0.713. The molecule has 2 aromatic rings. The number of carbonyl (C=O) groups excluding carboxylic acids is 4. The van der Waals surface area contributed by atoms with E-state index in [-0.39, 0.29) is 31.0 Å². The molecule has 0 spiro atoms. The number of hydrogen-bond acceptors (Lipinski definition) is 6. The normalized spacial score (nSPS) is 28.6. The maximum atomic E-state index is 15.2. The summed E-state index contributed by atoms with van der Waals surface area (Å²) < 4.78 is 40.9. The number of alkyl halides is 2. The molecule has 3 N–H and O–H groups in total. The monoisotopic (exact) mass is 570 g/mol. The fourth-order valence-electron chi connectivity index (χ4n) is 6.81. The van der Waals surface area contributed by atoms with E-state index in [1.165, 1.54) is 12.0 Å². The average Bonchev–Trinajstić information content (AvgIpc) is 3.67. The number of aromatic nitrogens is 1. The van der Waals surface area contributed by atoms with Crippen LogP contribution in [0.5, 0.6) is 5.75 Å². The molecule has 10 nitrogen and oxygen atoms in total. The van der Waals surface area contributed by atoms with E-state index in [0.717, 1.165) is 0 Å². The summed E-state index contributed by atoms with van der Waals surface area (Å²) in [5, 5.41) is 6.25. The van der Waals surface area contributed by atoms with Crippen molar-refractivity contribution in [1.29, 1.82) is 0 Å². The third-order valence-corrected chi connectivity index (χ3v) is 8.81. The summed E-state index contributed by atoms with van der Waals surface area (Å²) in [6.07, 6.45) is 2.61. The SMILES string of the molecule is COc1cccc2[nH]c(C(=O)N3[C@@H]4CC[C@H]([C@@H]3C(=O)N[C@H](/C=C3/CCOC3=O)C[C@H]3CCNC3=O)C(F)(F)C4)cc12. The van der Waals surface area contributed by atoms with Gasteiger partial charge >= 0.3 is 5.97 Å². The van der Waals surface area contributed by atoms with Crippen molar-refractivity contribution in [3.8, 4) is 5.75 Å². The van der Waals surface area contributed by atoms with Crippen molar-refractivity contribution in [2.45, 2.75) is 62.6 Å². The van der Waals surface area contributed by atoms with Crippen molar-refractivity contribution < 1.29 is 37.4 Å². The zero-order chi connectivity index (χ0) is 28.9. The lowest BCUT2D eigenvalue weighted by atomic mass is 9.71. The van der Waals surface area contributed by atoms with Crippen molar-refractivity contribution in [3.05, 3.63) is 41.6 Å². The van der Waals surface area contributed by atoms with E-state index in [1.54, 1.807) is 30.3 Å². The molecule has 0 radical (unpaired) electrons. The van der Waals surface area contributed by atoms with Gasteiger partial charge in [-0.05, 0) is 43.9 Å². The quantitative estimate of drug-likeness (QED) is 0.347. The standard InChI is InChI=1S/C29H32F2N4O6/c1-40-23-4-2-3-21-19(23)13-22(34-21)27(38)35-18-5-6-20(29(30,31)14-18)24(35)26(37)33-17(11-15-7-9-32-25(15)36)12-16-8-10-41-28(16)39/h2-4,12-13,15,17-18,20,24,34H,5-11,14H2,1H3,(H,32,36)(H,33,37)/b16-12-/t15-,17+,18-,20-,24-/m1/s1. The number of halogens is 2. The van der Waals surface area contributed by atoms with Gasteiger partial charge in [-0.2, -0.15) is 0 Å². The van der Waals surface area contributed by atoms with Gasteiger partial charge in [0.15, 0.2) is 0 Å². The maximum absolute atomic E-state index is 15.2. The molecule has 1 aliphatic carbocycles. The summed E-state index contributed by atoms with van der Waals surface area (Å²) in [4.78, 5) is 56.6. The zero-order valence-electron chi connectivity index (χ0n) is 22.6. The Labute approximate surface area is 234 Å². The molecule has 7 rings (SSSR count). The first-order valence-electron chi connectivity index (χ1n) is 14.0. The number of nitrogens with one attached hydrogen (secondary N) is 3. The molecule has 218 valence electrons. The molecule has 41 heavy (non-hydrogen) atoms. The number of rotatable bonds is 7. The molecule has 4 aliphatic heterocycles. The predicted molar refractivity (Wildman–Crippen MR) is 142 cm³/mol. The van der Waals surface area contributed by atoms with Crippen LogP contribution >= 0.6 is 0 Å². The average molecular weight is 571 g/mol. The molecule has 2 bridgehead atoms. The van der Waals surface area contributed by atoms with Crippen LogP contribution in [0.1, 0.15) is 49.0 Å². The van der Waals surface area contributed by atoms with E-state index in [0.29, 0.717) is 48.0 Å². The molecule has 1 aromatic carbocycles. The van der Waals surface area contributed by atoms with Crippen LogP contribution in [0.2, 0.25) is 0 Å². The Kier molecular flexibility index (Phi) is 6.95. The van der Waals surface area contributed by atoms with Crippen LogP contribution in [-0.4, -0.2) is 77.9 Å². The van der Waals surface area contributed by atoms with E-state index in [4.69, 9.17) is 9.47 Å². The number of carbonyl (C=O) groups is 4. The summed E-state index contributed by atoms with van der Waals surface area (Å²) in [5.74, 6) is -6.28. The van der Waals surface area contributed by atoms with Crippen LogP contribution in [0.3, 0.4) is 0 Å². The highest BCUT2D eigenvalue weighted by molar-refractivity contribution is 6.02. The van der Waals surface area contributed by atoms with E-state index < -0.39 is 60.1 Å². The van der Waals surface area contributed by atoms with Crippen LogP contribution in [-0.2, 0) is 19.1 Å². The van der Waals surface area contributed by atoms with Crippen molar-refractivity contribution in [2.24, 2.45) is 11.8 Å². The number of nitrogens with zero attached hydrogens (tertiary/aromatic N) is 1. The lowest BCUT2D eigenvalue weighted by Crippen LogP contribution is -2.68. The topological polar surface area (TPSA) is 130 Å². The largest absolute Gasteiger partial charge is 0.496 e.